The van der Waals surface area contributed by atoms with Gasteiger partial charge in [-0.1, -0.05) is 24.3 Å². The molecule has 0 saturated carbocycles. The Balaban J connectivity index is 1.40. The Morgan fingerprint density at radius 2 is 1.91 bits per heavy atom. The number of primary amides is 1. The number of nitrogens with one attached hydrogen (secondary N) is 1. The first-order valence-electron chi connectivity index (χ1n) is 10.6. The molecule has 0 atom stereocenters. The Morgan fingerprint density at radius 1 is 1.12 bits per heavy atom. The van der Waals surface area contributed by atoms with E-state index in [1.807, 2.05) is 60.1 Å². The summed E-state index contributed by atoms with van der Waals surface area (Å²) in [6, 6.07) is 16.6. The number of carbonyl (C=O) groups is 2. The van der Waals surface area contributed by atoms with Crippen LogP contribution in [0.3, 0.4) is 0 Å². The molecule has 0 spiro atoms. The number of rotatable bonds is 8. The van der Waals surface area contributed by atoms with Crippen molar-refractivity contribution in [3.8, 4) is 22.8 Å². The van der Waals surface area contributed by atoms with Crippen LogP contribution in [0.15, 0.2) is 73.1 Å². The molecule has 0 radical (unpaired) electrons. The van der Waals surface area contributed by atoms with Gasteiger partial charge in [-0.25, -0.2) is 4.98 Å². The molecule has 0 aliphatic rings. The minimum Gasteiger partial charge on any atom is -0.493 e. The molecule has 0 fully saturated rings. The molecule has 4 rings (SSSR count). The predicted molar refractivity (Wildman–Crippen MR) is 131 cm³/mol. The van der Waals surface area contributed by atoms with Gasteiger partial charge in [-0.05, 0) is 54.5 Å². The van der Waals surface area contributed by atoms with Gasteiger partial charge in [-0.2, -0.15) is 0 Å². The maximum Gasteiger partial charge on any atom is 0.255 e. The van der Waals surface area contributed by atoms with E-state index in [2.05, 4.69) is 5.32 Å². The normalized spacial score (nSPS) is 11.0. The molecular formula is C26H24N4O4. The lowest BCUT2D eigenvalue weighted by Gasteiger charge is -2.10. The van der Waals surface area contributed by atoms with Crippen molar-refractivity contribution >= 4 is 29.2 Å². The third kappa shape index (κ3) is 5.24. The van der Waals surface area contributed by atoms with Crippen molar-refractivity contribution in [2.24, 2.45) is 5.73 Å². The summed E-state index contributed by atoms with van der Waals surface area (Å²) in [6.45, 7) is 1.78. The average molecular weight is 457 g/mol. The van der Waals surface area contributed by atoms with E-state index in [0.717, 1.165) is 28.0 Å². The van der Waals surface area contributed by atoms with Crippen molar-refractivity contribution in [3.05, 3.63) is 84.2 Å². The van der Waals surface area contributed by atoms with E-state index in [4.69, 9.17) is 20.2 Å². The number of methoxy groups -OCH3 is 1. The summed E-state index contributed by atoms with van der Waals surface area (Å²) in [4.78, 5) is 28.0. The summed E-state index contributed by atoms with van der Waals surface area (Å²) in [5.74, 6) is -0.0291. The van der Waals surface area contributed by atoms with E-state index >= 15 is 0 Å². The van der Waals surface area contributed by atoms with E-state index in [1.54, 1.807) is 24.3 Å². The molecule has 0 bridgehead atoms. The molecule has 0 aliphatic heterocycles. The van der Waals surface area contributed by atoms with E-state index in [0.29, 0.717) is 17.2 Å². The number of aryl methyl sites for hydroxylation is 1. The minimum absolute atomic E-state index is 0.246. The lowest BCUT2D eigenvalue weighted by molar-refractivity contribution is -0.120. The number of nitrogens with two attached hydrogens (primary N) is 1. The number of fused-ring (bicyclic) bond motifs is 1. The summed E-state index contributed by atoms with van der Waals surface area (Å²) in [5.41, 5.74) is 10.4. The fourth-order valence-corrected chi connectivity index (χ4v) is 3.43. The number of amides is 2. The Labute approximate surface area is 196 Å². The molecule has 4 aromatic rings. The molecule has 172 valence electrons. The molecule has 2 aromatic carbocycles. The third-order valence-electron chi connectivity index (χ3n) is 5.11. The number of carbonyl (C=O) groups excluding carboxylic acids is 2. The van der Waals surface area contributed by atoms with E-state index in [9.17, 15) is 9.59 Å². The van der Waals surface area contributed by atoms with Gasteiger partial charge in [0, 0.05) is 29.7 Å². The van der Waals surface area contributed by atoms with Gasteiger partial charge >= 0.3 is 0 Å². The number of nitrogens with zero attached hydrogens (tertiary/aromatic N) is 2. The van der Waals surface area contributed by atoms with Gasteiger partial charge in [0.25, 0.3) is 5.91 Å². The lowest BCUT2D eigenvalue weighted by atomic mass is 10.1. The van der Waals surface area contributed by atoms with Crippen LogP contribution in [-0.4, -0.2) is 34.9 Å². The van der Waals surface area contributed by atoms with Crippen LogP contribution in [-0.2, 0) is 9.59 Å². The largest absolute Gasteiger partial charge is 0.493 e. The monoisotopic (exact) mass is 456 g/mol. The molecule has 2 heterocycles. The maximum atomic E-state index is 12.4. The Kier molecular flexibility index (Phi) is 6.59. The number of imidazole rings is 1. The molecule has 0 saturated heterocycles. The molecule has 2 amide bonds. The highest BCUT2D eigenvalue weighted by molar-refractivity contribution is 6.02. The topological polar surface area (TPSA) is 108 Å². The summed E-state index contributed by atoms with van der Waals surface area (Å²) < 4.78 is 12.6. The highest BCUT2D eigenvalue weighted by Crippen LogP contribution is 2.28. The molecule has 8 nitrogen and oxygen atoms in total. The number of pyridine rings is 1. The highest BCUT2D eigenvalue weighted by Gasteiger charge is 2.08. The minimum atomic E-state index is -0.579. The van der Waals surface area contributed by atoms with Gasteiger partial charge in [0.1, 0.15) is 5.65 Å². The van der Waals surface area contributed by atoms with Crippen LogP contribution in [0, 0.1) is 6.92 Å². The quantitative estimate of drug-likeness (QED) is 0.392. The van der Waals surface area contributed by atoms with E-state index in [1.165, 1.54) is 13.2 Å². The van der Waals surface area contributed by atoms with Crippen LogP contribution in [0.4, 0.5) is 5.69 Å². The SMILES string of the molecule is COc1cc(C=CC(=O)Nc2ccc(-c3cn4cccc(C)c4n3)cc2)ccc1OCC(N)=O. The van der Waals surface area contributed by atoms with Crippen molar-refractivity contribution in [3.63, 3.8) is 0 Å². The van der Waals surface area contributed by atoms with Crippen molar-refractivity contribution in [1.82, 2.24) is 9.38 Å². The molecule has 8 heteroatoms. The molecular weight excluding hydrogens is 432 g/mol. The summed E-state index contributed by atoms with van der Waals surface area (Å²) in [5, 5.41) is 2.84. The highest BCUT2D eigenvalue weighted by atomic mass is 16.5. The van der Waals surface area contributed by atoms with Crippen LogP contribution in [0.25, 0.3) is 23.0 Å². The molecule has 34 heavy (non-hydrogen) atoms. The van der Waals surface area contributed by atoms with Gasteiger partial charge < -0.3 is 24.9 Å². The van der Waals surface area contributed by atoms with Crippen LogP contribution in [0.5, 0.6) is 11.5 Å². The number of hydrogen-bond acceptors (Lipinski definition) is 5. The molecule has 0 unspecified atom stereocenters. The summed E-state index contributed by atoms with van der Waals surface area (Å²) >= 11 is 0. The second-order valence-electron chi connectivity index (χ2n) is 7.61. The van der Waals surface area contributed by atoms with Crippen LogP contribution in [0.1, 0.15) is 11.1 Å². The second kappa shape index (κ2) is 9.91. The van der Waals surface area contributed by atoms with Crippen LogP contribution < -0.4 is 20.5 Å². The zero-order valence-corrected chi connectivity index (χ0v) is 18.8. The zero-order valence-electron chi connectivity index (χ0n) is 18.8. The predicted octanol–water partition coefficient (Wildman–Crippen LogP) is 3.83. The Hall–Kier alpha value is -4.59. The van der Waals surface area contributed by atoms with Gasteiger partial charge in [0.05, 0.1) is 12.8 Å². The van der Waals surface area contributed by atoms with E-state index in [-0.39, 0.29) is 12.5 Å². The summed E-state index contributed by atoms with van der Waals surface area (Å²) in [6.07, 6.45) is 7.04. The first-order chi connectivity index (χ1) is 16.4. The fraction of sp³-hybridized carbons (Fsp3) is 0.115. The van der Waals surface area contributed by atoms with Crippen LogP contribution in [0.2, 0.25) is 0 Å². The molecule has 3 N–H and O–H groups in total. The van der Waals surface area contributed by atoms with E-state index < -0.39 is 5.91 Å². The molecule has 2 aromatic heterocycles. The van der Waals surface area contributed by atoms with Gasteiger partial charge in [-0.3, -0.25) is 9.59 Å². The third-order valence-corrected chi connectivity index (χ3v) is 5.11. The first kappa shape index (κ1) is 22.6. The van der Waals surface area contributed by atoms with Crippen molar-refractivity contribution in [1.29, 1.82) is 0 Å². The number of aromatic nitrogens is 2. The summed E-state index contributed by atoms with van der Waals surface area (Å²) in [7, 11) is 1.49. The average Bonchev–Trinajstić information content (AvgIpc) is 3.28. The van der Waals surface area contributed by atoms with Crippen molar-refractivity contribution < 1.29 is 19.1 Å². The zero-order chi connectivity index (χ0) is 24.1. The van der Waals surface area contributed by atoms with Gasteiger partial charge in [0.15, 0.2) is 18.1 Å². The van der Waals surface area contributed by atoms with Crippen molar-refractivity contribution in [2.45, 2.75) is 6.92 Å². The fourth-order valence-electron chi connectivity index (χ4n) is 3.43. The Bertz CT molecular complexity index is 1370. The first-order valence-corrected chi connectivity index (χ1v) is 10.6. The van der Waals surface area contributed by atoms with Crippen LogP contribution >= 0.6 is 0 Å². The number of anilines is 1. The van der Waals surface area contributed by atoms with Gasteiger partial charge in [-0.15, -0.1) is 0 Å². The van der Waals surface area contributed by atoms with Crippen molar-refractivity contribution in [2.75, 3.05) is 19.0 Å². The lowest BCUT2D eigenvalue weighted by Crippen LogP contribution is -2.20. The number of ether oxygens (including phenoxy) is 2. The maximum absolute atomic E-state index is 12.4. The molecule has 0 aliphatic carbocycles. The number of hydrogen-bond donors (Lipinski definition) is 2. The van der Waals surface area contributed by atoms with Gasteiger partial charge in [0.2, 0.25) is 5.91 Å². The smallest absolute Gasteiger partial charge is 0.255 e. The second-order valence-corrected chi connectivity index (χ2v) is 7.61. The standard InChI is InChI=1S/C26H24N4O4/c1-17-4-3-13-30-15-21(29-26(17)30)19-7-9-20(10-8-19)28-25(32)12-6-18-5-11-22(23(14-18)33-2)34-16-24(27)31/h3-15H,16H2,1-2H3,(H2,27,31)(H,28,32). The Morgan fingerprint density at radius 3 is 2.62 bits per heavy atom. The number of benzene rings is 2.